The van der Waals surface area contributed by atoms with Crippen molar-refractivity contribution in [2.45, 2.75) is 39.3 Å². The summed E-state index contributed by atoms with van der Waals surface area (Å²) >= 11 is 0. The first kappa shape index (κ1) is 16.0. The lowest BCUT2D eigenvalue weighted by atomic mass is 10.0. The van der Waals surface area contributed by atoms with Gasteiger partial charge >= 0.3 is 0 Å². The van der Waals surface area contributed by atoms with Crippen molar-refractivity contribution < 1.29 is 0 Å². The van der Waals surface area contributed by atoms with Crippen LogP contribution in [0.3, 0.4) is 0 Å². The molecule has 0 aliphatic carbocycles. The van der Waals surface area contributed by atoms with Crippen LogP contribution in [0.1, 0.15) is 38.8 Å². The SMILES string of the molecule is CCC(N)c1ccc(N(CC)C(C)CN(C)C)cc1. The standard InChI is InChI=1S/C16H29N3/c1-6-16(17)14-8-10-15(11-9-14)19(7-2)13(3)12-18(4)5/h8-11,13,16H,6-7,12,17H2,1-5H3. The summed E-state index contributed by atoms with van der Waals surface area (Å²) < 4.78 is 0. The molecule has 0 aliphatic rings. The number of nitrogens with zero attached hydrogens (tertiary/aromatic N) is 2. The molecule has 0 saturated heterocycles. The van der Waals surface area contributed by atoms with Crippen LogP contribution in [0.2, 0.25) is 0 Å². The second-order valence-corrected chi connectivity index (χ2v) is 5.50. The third-order valence-electron chi connectivity index (χ3n) is 3.59. The van der Waals surface area contributed by atoms with Gasteiger partial charge in [0.1, 0.15) is 0 Å². The first-order valence-corrected chi connectivity index (χ1v) is 7.26. The molecule has 19 heavy (non-hydrogen) atoms. The van der Waals surface area contributed by atoms with Crippen LogP contribution in [-0.4, -0.2) is 38.1 Å². The van der Waals surface area contributed by atoms with Crippen molar-refractivity contribution in [3.63, 3.8) is 0 Å². The predicted octanol–water partition coefficient (Wildman–Crippen LogP) is 2.87. The van der Waals surface area contributed by atoms with Crippen LogP contribution in [0, 0.1) is 0 Å². The predicted molar refractivity (Wildman–Crippen MR) is 84.7 cm³/mol. The van der Waals surface area contributed by atoms with E-state index in [9.17, 15) is 0 Å². The van der Waals surface area contributed by atoms with Gasteiger partial charge in [0.25, 0.3) is 0 Å². The number of benzene rings is 1. The summed E-state index contributed by atoms with van der Waals surface area (Å²) in [6, 6.07) is 9.37. The largest absolute Gasteiger partial charge is 0.368 e. The first-order chi connectivity index (χ1) is 8.99. The molecule has 2 N–H and O–H groups in total. The Kier molecular flexibility index (Phi) is 6.32. The molecule has 0 fully saturated rings. The van der Waals surface area contributed by atoms with Crippen LogP contribution >= 0.6 is 0 Å². The monoisotopic (exact) mass is 263 g/mol. The van der Waals surface area contributed by atoms with Gasteiger partial charge in [0.05, 0.1) is 0 Å². The molecule has 0 aromatic heterocycles. The zero-order valence-electron chi connectivity index (χ0n) is 13.1. The lowest BCUT2D eigenvalue weighted by molar-refractivity contribution is 0.373. The number of rotatable bonds is 7. The Bertz CT molecular complexity index is 359. The smallest absolute Gasteiger partial charge is 0.0388 e. The van der Waals surface area contributed by atoms with Gasteiger partial charge in [-0.15, -0.1) is 0 Å². The van der Waals surface area contributed by atoms with E-state index in [4.69, 9.17) is 5.73 Å². The van der Waals surface area contributed by atoms with Gasteiger partial charge in [0.2, 0.25) is 0 Å². The fraction of sp³-hybridized carbons (Fsp3) is 0.625. The van der Waals surface area contributed by atoms with E-state index in [1.54, 1.807) is 0 Å². The molecule has 0 amide bonds. The van der Waals surface area contributed by atoms with Gasteiger partial charge in [-0.05, 0) is 52.1 Å². The molecule has 0 radical (unpaired) electrons. The third-order valence-corrected chi connectivity index (χ3v) is 3.59. The molecule has 1 aromatic carbocycles. The van der Waals surface area contributed by atoms with E-state index in [0.29, 0.717) is 6.04 Å². The maximum absolute atomic E-state index is 6.06. The molecule has 2 unspecified atom stereocenters. The van der Waals surface area contributed by atoms with Gasteiger partial charge < -0.3 is 15.5 Å². The average molecular weight is 263 g/mol. The Morgan fingerprint density at radius 1 is 1.11 bits per heavy atom. The van der Waals surface area contributed by atoms with Crippen molar-refractivity contribution in [1.82, 2.24) is 4.90 Å². The van der Waals surface area contributed by atoms with Gasteiger partial charge in [0, 0.05) is 30.9 Å². The Hall–Kier alpha value is -1.06. The third kappa shape index (κ3) is 4.51. The Morgan fingerprint density at radius 3 is 2.11 bits per heavy atom. The van der Waals surface area contributed by atoms with Crippen LogP contribution in [0.25, 0.3) is 0 Å². The summed E-state index contributed by atoms with van der Waals surface area (Å²) in [6.07, 6.45) is 0.980. The zero-order chi connectivity index (χ0) is 14.4. The molecule has 3 nitrogen and oxygen atoms in total. The summed E-state index contributed by atoms with van der Waals surface area (Å²) in [5, 5.41) is 0. The molecule has 3 heteroatoms. The second kappa shape index (κ2) is 7.51. The maximum atomic E-state index is 6.06. The summed E-state index contributed by atoms with van der Waals surface area (Å²) in [5.74, 6) is 0. The minimum absolute atomic E-state index is 0.156. The number of anilines is 1. The highest BCUT2D eigenvalue weighted by Gasteiger charge is 2.14. The average Bonchev–Trinajstić information content (AvgIpc) is 2.38. The number of hydrogen-bond acceptors (Lipinski definition) is 3. The Labute approximate surface area is 118 Å². The van der Waals surface area contributed by atoms with Crippen molar-refractivity contribution in [2.75, 3.05) is 32.1 Å². The van der Waals surface area contributed by atoms with Crippen LogP contribution < -0.4 is 10.6 Å². The Morgan fingerprint density at radius 2 is 1.68 bits per heavy atom. The van der Waals surface area contributed by atoms with Gasteiger partial charge in [-0.25, -0.2) is 0 Å². The molecule has 0 aliphatic heterocycles. The number of nitrogens with two attached hydrogens (primary N) is 1. The fourth-order valence-electron chi connectivity index (χ4n) is 2.52. The lowest BCUT2D eigenvalue weighted by Gasteiger charge is -2.32. The maximum Gasteiger partial charge on any atom is 0.0388 e. The molecule has 108 valence electrons. The topological polar surface area (TPSA) is 32.5 Å². The van der Waals surface area contributed by atoms with Crippen molar-refractivity contribution in [2.24, 2.45) is 5.73 Å². The van der Waals surface area contributed by atoms with Crippen molar-refractivity contribution in [1.29, 1.82) is 0 Å². The molecule has 1 rings (SSSR count). The van der Waals surface area contributed by atoms with E-state index in [-0.39, 0.29) is 6.04 Å². The minimum Gasteiger partial charge on any atom is -0.368 e. The fourth-order valence-corrected chi connectivity index (χ4v) is 2.52. The van der Waals surface area contributed by atoms with Gasteiger partial charge in [-0.2, -0.15) is 0 Å². The number of likely N-dealkylation sites (N-methyl/N-ethyl adjacent to an activating group) is 2. The lowest BCUT2D eigenvalue weighted by Crippen LogP contribution is -2.40. The van der Waals surface area contributed by atoms with Crippen LogP contribution in [-0.2, 0) is 0 Å². The highest BCUT2D eigenvalue weighted by atomic mass is 15.2. The molecule has 0 bridgehead atoms. The summed E-state index contributed by atoms with van der Waals surface area (Å²) in [5.41, 5.74) is 8.56. The van der Waals surface area contributed by atoms with E-state index in [2.05, 4.69) is 68.9 Å². The van der Waals surface area contributed by atoms with E-state index >= 15 is 0 Å². The van der Waals surface area contributed by atoms with Gasteiger partial charge in [-0.3, -0.25) is 0 Å². The quantitative estimate of drug-likeness (QED) is 0.821. The van der Waals surface area contributed by atoms with Crippen molar-refractivity contribution >= 4 is 5.69 Å². The second-order valence-electron chi connectivity index (χ2n) is 5.50. The molecule has 0 heterocycles. The molecular formula is C16H29N3. The van der Waals surface area contributed by atoms with E-state index in [1.807, 2.05) is 0 Å². The first-order valence-electron chi connectivity index (χ1n) is 7.26. The normalized spacial score (nSPS) is 14.5. The Balaban J connectivity index is 2.81. The van der Waals surface area contributed by atoms with Crippen molar-refractivity contribution in [3.8, 4) is 0 Å². The van der Waals surface area contributed by atoms with E-state index in [1.165, 1.54) is 11.3 Å². The summed E-state index contributed by atoms with van der Waals surface area (Å²) in [7, 11) is 4.24. The van der Waals surface area contributed by atoms with Crippen LogP contribution in [0.5, 0.6) is 0 Å². The highest BCUT2D eigenvalue weighted by Crippen LogP contribution is 2.21. The van der Waals surface area contributed by atoms with Crippen LogP contribution in [0.4, 0.5) is 5.69 Å². The molecule has 2 atom stereocenters. The number of hydrogen-bond donors (Lipinski definition) is 1. The molecule has 0 saturated carbocycles. The van der Waals surface area contributed by atoms with E-state index < -0.39 is 0 Å². The van der Waals surface area contributed by atoms with Crippen molar-refractivity contribution in [3.05, 3.63) is 29.8 Å². The molecule has 0 spiro atoms. The summed E-state index contributed by atoms with van der Waals surface area (Å²) in [4.78, 5) is 4.66. The van der Waals surface area contributed by atoms with Gasteiger partial charge in [-0.1, -0.05) is 19.1 Å². The minimum atomic E-state index is 0.156. The molecule has 1 aromatic rings. The summed E-state index contributed by atoms with van der Waals surface area (Å²) in [6.45, 7) is 8.68. The zero-order valence-corrected chi connectivity index (χ0v) is 13.1. The highest BCUT2D eigenvalue weighted by molar-refractivity contribution is 5.48. The molecular weight excluding hydrogens is 234 g/mol. The van der Waals surface area contributed by atoms with E-state index in [0.717, 1.165) is 19.5 Å². The van der Waals surface area contributed by atoms with Crippen LogP contribution in [0.15, 0.2) is 24.3 Å². The van der Waals surface area contributed by atoms with Gasteiger partial charge in [0.15, 0.2) is 0 Å².